The van der Waals surface area contributed by atoms with Gasteiger partial charge in [0, 0.05) is 19.6 Å². The Bertz CT molecular complexity index is 806. The summed E-state index contributed by atoms with van der Waals surface area (Å²) in [5.41, 5.74) is 1.01. The predicted molar refractivity (Wildman–Crippen MR) is 105 cm³/mol. The van der Waals surface area contributed by atoms with Gasteiger partial charge in [-0.1, -0.05) is 42.5 Å². The summed E-state index contributed by atoms with van der Waals surface area (Å²) in [6, 6.07) is 17.1. The number of nitrogens with zero attached hydrogens (tertiary/aromatic N) is 1. The highest BCUT2D eigenvalue weighted by Gasteiger charge is 2.39. The van der Waals surface area contributed by atoms with Gasteiger partial charge in [0.2, 0.25) is 5.91 Å². The lowest BCUT2D eigenvalue weighted by molar-refractivity contribution is -0.132. The Hall–Kier alpha value is -2.82. The van der Waals surface area contributed by atoms with Crippen molar-refractivity contribution in [2.45, 2.75) is 26.3 Å². The Morgan fingerprint density at radius 2 is 1.81 bits per heavy atom. The van der Waals surface area contributed by atoms with Gasteiger partial charge in [0.15, 0.2) is 0 Å². The fourth-order valence-electron chi connectivity index (χ4n) is 3.58. The first-order chi connectivity index (χ1) is 13.0. The van der Waals surface area contributed by atoms with Crippen LogP contribution in [-0.4, -0.2) is 36.9 Å². The maximum Gasteiger partial charge on any atom is 0.257 e. The zero-order valence-corrected chi connectivity index (χ0v) is 15.9. The van der Waals surface area contributed by atoms with Crippen molar-refractivity contribution >= 4 is 11.8 Å². The number of ether oxygens (including phenoxy) is 1. The van der Waals surface area contributed by atoms with Crippen molar-refractivity contribution in [3.05, 3.63) is 65.7 Å². The number of para-hydroxylation sites is 1. The van der Waals surface area contributed by atoms with Crippen molar-refractivity contribution in [3.8, 4) is 5.75 Å². The van der Waals surface area contributed by atoms with Crippen molar-refractivity contribution in [2.24, 2.45) is 5.41 Å². The largest absolute Gasteiger partial charge is 0.496 e. The molecule has 0 spiro atoms. The molecule has 0 bridgehead atoms. The Morgan fingerprint density at radius 3 is 2.56 bits per heavy atom. The van der Waals surface area contributed by atoms with Gasteiger partial charge in [0.25, 0.3) is 5.91 Å². The highest BCUT2D eigenvalue weighted by molar-refractivity contribution is 5.97. The molecule has 0 radical (unpaired) electrons. The molecule has 142 valence electrons. The molecule has 1 aliphatic rings. The second-order valence-corrected chi connectivity index (χ2v) is 7.26. The first-order valence-electron chi connectivity index (χ1n) is 9.28. The molecule has 1 saturated heterocycles. The van der Waals surface area contributed by atoms with Crippen LogP contribution in [0.3, 0.4) is 0 Å². The highest BCUT2D eigenvalue weighted by atomic mass is 16.5. The molecule has 5 heteroatoms. The summed E-state index contributed by atoms with van der Waals surface area (Å²) in [4.78, 5) is 27.6. The molecule has 2 amide bonds. The van der Waals surface area contributed by atoms with Crippen LogP contribution in [0.4, 0.5) is 0 Å². The van der Waals surface area contributed by atoms with Crippen molar-refractivity contribution in [1.29, 1.82) is 0 Å². The number of carbonyl (C=O) groups excluding carboxylic acids is 2. The second-order valence-electron chi connectivity index (χ2n) is 7.26. The lowest BCUT2D eigenvalue weighted by atomic mass is 9.80. The molecule has 1 atom stereocenters. The van der Waals surface area contributed by atoms with Crippen LogP contribution in [0.25, 0.3) is 0 Å². The minimum atomic E-state index is -0.593. The molecule has 1 heterocycles. The van der Waals surface area contributed by atoms with Gasteiger partial charge in [-0.3, -0.25) is 9.59 Å². The van der Waals surface area contributed by atoms with Crippen LogP contribution >= 0.6 is 0 Å². The zero-order chi connectivity index (χ0) is 19.3. The van der Waals surface area contributed by atoms with Crippen molar-refractivity contribution in [2.75, 3.05) is 20.2 Å². The first-order valence-corrected chi connectivity index (χ1v) is 9.28. The Balaban J connectivity index is 1.68. The van der Waals surface area contributed by atoms with Gasteiger partial charge < -0.3 is 15.0 Å². The summed E-state index contributed by atoms with van der Waals surface area (Å²) in [5, 5.41) is 3.03. The fourth-order valence-corrected chi connectivity index (χ4v) is 3.58. The quantitative estimate of drug-likeness (QED) is 0.884. The smallest absolute Gasteiger partial charge is 0.257 e. The average Bonchev–Trinajstić information content (AvgIpc) is 2.72. The minimum absolute atomic E-state index is 0.0103. The molecule has 3 rings (SSSR count). The van der Waals surface area contributed by atoms with Gasteiger partial charge in [-0.05, 0) is 37.5 Å². The molecule has 0 aliphatic carbocycles. The van der Waals surface area contributed by atoms with Crippen LogP contribution in [-0.2, 0) is 11.3 Å². The summed E-state index contributed by atoms with van der Waals surface area (Å²) in [6.45, 7) is 3.49. The number of benzene rings is 2. The summed E-state index contributed by atoms with van der Waals surface area (Å²) in [5.74, 6) is 0.460. The van der Waals surface area contributed by atoms with E-state index in [1.165, 1.54) is 0 Å². The number of carbonyl (C=O) groups is 2. The number of piperidine rings is 1. The monoisotopic (exact) mass is 366 g/mol. The number of methoxy groups -OCH3 is 1. The third-order valence-electron chi connectivity index (χ3n) is 5.17. The first kappa shape index (κ1) is 19.0. The van der Waals surface area contributed by atoms with Crippen LogP contribution in [0.2, 0.25) is 0 Å². The summed E-state index contributed by atoms with van der Waals surface area (Å²) in [7, 11) is 1.56. The van der Waals surface area contributed by atoms with Crippen LogP contribution in [0.5, 0.6) is 5.75 Å². The topological polar surface area (TPSA) is 58.6 Å². The van der Waals surface area contributed by atoms with E-state index in [4.69, 9.17) is 4.74 Å². The molecule has 1 aliphatic heterocycles. The highest BCUT2D eigenvalue weighted by Crippen LogP contribution is 2.31. The number of nitrogens with one attached hydrogen (secondary N) is 1. The van der Waals surface area contributed by atoms with E-state index >= 15 is 0 Å². The van der Waals surface area contributed by atoms with E-state index in [1.54, 1.807) is 24.1 Å². The Kier molecular flexibility index (Phi) is 5.79. The zero-order valence-electron chi connectivity index (χ0n) is 15.9. The van der Waals surface area contributed by atoms with E-state index in [0.717, 1.165) is 18.4 Å². The van der Waals surface area contributed by atoms with E-state index < -0.39 is 5.41 Å². The van der Waals surface area contributed by atoms with E-state index in [-0.39, 0.29) is 11.8 Å². The molecular formula is C22H26N2O3. The third kappa shape index (κ3) is 4.30. The van der Waals surface area contributed by atoms with Gasteiger partial charge in [-0.25, -0.2) is 0 Å². The SMILES string of the molecule is COc1ccccc1C(=O)N1CCC[C@@](C)(C(=O)NCc2ccccc2)C1. The molecule has 5 nitrogen and oxygen atoms in total. The molecule has 1 fully saturated rings. The molecule has 2 aromatic carbocycles. The average molecular weight is 366 g/mol. The number of hydrogen-bond donors (Lipinski definition) is 1. The van der Waals surface area contributed by atoms with Crippen LogP contribution in [0, 0.1) is 5.41 Å². The van der Waals surface area contributed by atoms with E-state index in [9.17, 15) is 9.59 Å². The van der Waals surface area contributed by atoms with Crippen molar-refractivity contribution in [1.82, 2.24) is 10.2 Å². The molecule has 0 saturated carbocycles. The van der Waals surface area contributed by atoms with E-state index in [1.807, 2.05) is 49.4 Å². The van der Waals surface area contributed by atoms with Gasteiger partial charge in [-0.15, -0.1) is 0 Å². The summed E-state index contributed by atoms with van der Waals surface area (Å²) < 4.78 is 5.32. The predicted octanol–water partition coefficient (Wildman–Crippen LogP) is 3.25. The molecule has 1 N–H and O–H groups in total. The lowest BCUT2D eigenvalue weighted by Gasteiger charge is -2.39. The number of hydrogen-bond acceptors (Lipinski definition) is 3. The number of rotatable bonds is 5. The second kappa shape index (κ2) is 8.25. The molecule has 2 aromatic rings. The summed E-state index contributed by atoms with van der Waals surface area (Å²) >= 11 is 0. The normalized spacial score (nSPS) is 19.4. The molecular weight excluding hydrogens is 340 g/mol. The fraction of sp³-hybridized carbons (Fsp3) is 0.364. The van der Waals surface area contributed by atoms with Gasteiger partial charge in [0.05, 0.1) is 18.1 Å². The lowest BCUT2D eigenvalue weighted by Crippen LogP contribution is -2.51. The van der Waals surface area contributed by atoms with E-state index in [0.29, 0.717) is 30.9 Å². The summed E-state index contributed by atoms with van der Waals surface area (Å²) in [6.07, 6.45) is 1.57. The van der Waals surface area contributed by atoms with Crippen molar-refractivity contribution in [3.63, 3.8) is 0 Å². The Labute approximate surface area is 160 Å². The van der Waals surface area contributed by atoms with Gasteiger partial charge >= 0.3 is 0 Å². The molecule has 0 unspecified atom stereocenters. The standard InChI is InChI=1S/C22H26N2O3/c1-22(21(26)23-15-17-9-4-3-5-10-17)13-8-14-24(16-22)20(25)18-11-6-7-12-19(18)27-2/h3-7,9-12H,8,13-16H2,1-2H3,(H,23,26)/t22-/m1/s1. The maximum absolute atomic E-state index is 13.0. The Morgan fingerprint density at radius 1 is 1.11 bits per heavy atom. The van der Waals surface area contributed by atoms with Gasteiger partial charge in [-0.2, -0.15) is 0 Å². The van der Waals surface area contributed by atoms with Crippen molar-refractivity contribution < 1.29 is 14.3 Å². The number of likely N-dealkylation sites (tertiary alicyclic amines) is 1. The molecule has 27 heavy (non-hydrogen) atoms. The van der Waals surface area contributed by atoms with Crippen LogP contribution in [0.1, 0.15) is 35.7 Å². The van der Waals surface area contributed by atoms with Crippen LogP contribution in [0.15, 0.2) is 54.6 Å². The number of amides is 2. The maximum atomic E-state index is 13.0. The van der Waals surface area contributed by atoms with Crippen LogP contribution < -0.4 is 10.1 Å². The van der Waals surface area contributed by atoms with Gasteiger partial charge in [0.1, 0.15) is 5.75 Å². The molecule has 0 aromatic heterocycles. The minimum Gasteiger partial charge on any atom is -0.496 e. The van der Waals surface area contributed by atoms with E-state index in [2.05, 4.69) is 5.32 Å². The third-order valence-corrected chi connectivity index (χ3v) is 5.17.